The Balaban J connectivity index is 1.35. The van der Waals surface area contributed by atoms with Gasteiger partial charge in [-0.3, -0.25) is 4.79 Å². The second-order valence-corrected chi connectivity index (χ2v) is 10.3. The monoisotopic (exact) mass is 536 g/mol. The molecule has 4 aromatic carbocycles. The van der Waals surface area contributed by atoms with E-state index in [1.54, 1.807) is 37.3 Å². The number of nitrogens with one attached hydrogen (secondary N) is 2. The normalized spacial score (nSPS) is 11.9. The van der Waals surface area contributed by atoms with Crippen LogP contribution in [0.3, 0.4) is 0 Å². The van der Waals surface area contributed by atoms with Crippen molar-refractivity contribution >= 4 is 33.2 Å². The third-order valence-electron chi connectivity index (χ3n) is 5.32. The number of amides is 1. The quantitative estimate of drug-likeness (QED) is 0.252. The van der Waals surface area contributed by atoms with Gasteiger partial charge in [0.15, 0.2) is 12.4 Å². The topological polar surface area (TPSA) is 93.7 Å². The van der Waals surface area contributed by atoms with E-state index in [4.69, 9.17) is 21.1 Å². The van der Waals surface area contributed by atoms with Gasteiger partial charge in [-0.15, -0.1) is 0 Å². The van der Waals surface area contributed by atoms with Crippen LogP contribution in [-0.2, 0) is 14.8 Å². The van der Waals surface area contributed by atoms with Gasteiger partial charge in [0.1, 0.15) is 11.5 Å². The maximum Gasteiger partial charge on any atom is 0.262 e. The summed E-state index contributed by atoms with van der Waals surface area (Å²) in [5.41, 5.74) is 1.25. The van der Waals surface area contributed by atoms with Gasteiger partial charge in [-0.2, -0.15) is 0 Å². The predicted molar refractivity (Wildman–Crippen MR) is 144 cm³/mol. The zero-order chi connectivity index (χ0) is 26.3. The SMILES string of the molecule is C[C@H](NS(=O)(=O)c1ccc(OCC(=O)Nc2cc(Cl)ccc2Oc2ccccc2)cc1)c1ccccc1. The van der Waals surface area contributed by atoms with Gasteiger partial charge in [0.05, 0.1) is 10.6 Å². The molecule has 2 N–H and O–H groups in total. The second-order valence-electron chi connectivity index (χ2n) is 8.12. The van der Waals surface area contributed by atoms with Crippen molar-refractivity contribution in [3.63, 3.8) is 0 Å². The van der Waals surface area contributed by atoms with E-state index in [-0.39, 0.29) is 11.5 Å². The molecule has 0 aromatic heterocycles. The number of halogens is 1. The highest BCUT2D eigenvalue weighted by atomic mass is 35.5. The van der Waals surface area contributed by atoms with Crippen LogP contribution in [0.1, 0.15) is 18.5 Å². The highest BCUT2D eigenvalue weighted by Gasteiger charge is 2.18. The van der Waals surface area contributed by atoms with Crippen LogP contribution in [-0.4, -0.2) is 20.9 Å². The number of para-hydroxylation sites is 1. The molecule has 0 unspecified atom stereocenters. The van der Waals surface area contributed by atoms with Gasteiger partial charge in [0.2, 0.25) is 10.0 Å². The molecule has 0 spiro atoms. The summed E-state index contributed by atoms with van der Waals surface area (Å²) in [5, 5.41) is 3.17. The lowest BCUT2D eigenvalue weighted by Crippen LogP contribution is -2.26. The Hall–Kier alpha value is -3.85. The third-order valence-corrected chi connectivity index (χ3v) is 7.11. The van der Waals surface area contributed by atoms with Crippen molar-refractivity contribution < 1.29 is 22.7 Å². The number of sulfonamides is 1. The molecule has 4 rings (SSSR count). The van der Waals surface area contributed by atoms with Crippen molar-refractivity contribution in [1.82, 2.24) is 4.72 Å². The summed E-state index contributed by atoms with van der Waals surface area (Å²) < 4.78 is 39.6. The molecule has 0 aliphatic heterocycles. The van der Waals surface area contributed by atoms with Crippen molar-refractivity contribution in [3.05, 3.63) is 114 Å². The lowest BCUT2D eigenvalue weighted by molar-refractivity contribution is -0.118. The molecular formula is C28H25ClN2O5S. The average molecular weight is 537 g/mol. The lowest BCUT2D eigenvalue weighted by Gasteiger charge is -2.15. The zero-order valence-corrected chi connectivity index (χ0v) is 21.5. The fourth-order valence-corrected chi connectivity index (χ4v) is 4.87. The Kier molecular flexibility index (Phi) is 8.45. The molecule has 0 heterocycles. The van der Waals surface area contributed by atoms with Gasteiger partial charge in [-0.1, -0.05) is 60.1 Å². The van der Waals surface area contributed by atoms with E-state index in [2.05, 4.69) is 10.0 Å². The van der Waals surface area contributed by atoms with Gasteiger partial charge >= 0.3 is 0 Å². The molecule has 0 saturated carbocycles. The highest BCUT2D eigenvalue weighted by Crippen LogP contribution is 2.32. The molecule has 9 heteroatoms. The largest absolute Gasteiger partial charge is 0.484 e. The van der Waals surface area contributed by atoms with Crippen LogP contribution in [0.5, 0.6) is 17.2 Å². The summed E-state index contributed by atoms with van der Waals surface area (Å²) in [5.74, 6) is 0.947. The smallest absolute Gasteiger partial charge is 0.262 e. The lowest BCUT2D eigenvalue weighted by atomic mass is 10.1. The van der Waals surface area contributed by atoms with Crippen LogP contribution < -0.4 is 19.5 Å². The Morgan fingerprint density at radius 1 is 0.865 bits per heavy atom. The molecule has 0 fully saturated rings. The summed E-state index contributed by atoms with van der Waals surface area (Å²) in [6.07, 6.45) is 0. The maximum absolute atomic E-state index is 12.7. The first-order valence-electron chi connectivity index (χ1n) is 11.4. The van der Waals surface area contributed by atoms with E-state index in [1.807, 2.05) is 48.5 Å². The van der Waals surface area contributed by atoms with Crippen LogP contribution >= 0.6 is 11.6 Å². The van der Waals surface area contributed by atoms with Crippen molar-refractivity contribution in [2.45, 2.75) is 17.9 Å². The number of ether oxygens (including phenoxy) is 2. The number of rotatable bonds is 10. The minimum absolute atomic E-state index is 0.0914. The Morgan fingerprint density at radius 3 is 2.19 bits per heavy atom. The Bertz CT molecular complexity index is 1450. The number of benzene rings is 4. The molecule has 37 heavy (non-hydrogen) atoms. The minimum Gasteiger partial charge on any atom is -0.484 e. The molecule has 0 bridgehead atoms. The molecule has 0 aliphatic rings. The zero-order valence-electron chi connectivity index (χ0n) is 19.9. The van der Waals surface area contributed by atoms with Crippen molar-refractivity contribution in [1.29, 1.82) is 0 Å². The van der Waals surface area contributed by atoms with Crippen LogP contribution in [0.15, 0.2) is 108 Å². The van der Waals surface area contributed by atoms with Gasteiger partial charge < -0.3 is 14.8 Å². The van der Waals surface area contributed by atoms with Crippen molar-refractivity contribution in [3.8, 4) is 17.2 Å². The second kappa shape index (κ2) is 11.9. The number of carbonyl (C=O) groups is 1. The molecule has 7 nitrogen and oxygen atoms in total. The first-order valence-corrected chi connectivity index (χ1v) is 13.3. The molecule has 1 atom stereocenters. The third kappa shape index (κ3) is 7.33. The first-order chi connectivity index (χ1) is 17.8. The summed E-state index contributed by atoms with van der Waals surface area (Å²) in [4.78, 5) is 12.6. The van der Waals surface area contributed by atoms with Gasteiger partial charge in [-0.05, 0) is 67.1 Å². The summed E-state index contributed by atoms with van der Waals surface area (Å²) in [6, 6.07) is 28.8. The van der Waals surface area contributed by atoms with E-state index in [0.717, 1.165) is 5.56 Å². The van der Waals surface area contributed by atoms with Crippen molar-refractivity contribution in [2.75, 3.05) is 11.9 Å². The summed E-state index contributed by atoms with van der Waals surface area (Å²) >= 11 is 6.10. The molecule has 190 valence electrons. The van der Waals surface area contributed by atoms with Crippen LogP contribution in [0.2, 0.25) is 5.02 Å². The van der Waals surface area contributed by atoms with Crippen LogP contribution in [0, 0.1) is 0 Å². The van der Waals surface area contributed by atoms with Gasteiger partial charge in [0, 0.05) is 11.1 Å². The number of anilines is 1. The minimum atomic E-state index is -3.74. The van der Waals surface area contributed by atoms with E-state index in [0.29, 0.717) is 28.0 Å². The van der Waals surface area contributed by atoms with Crippen LogP contribution in [0.25, 0.3) is 0 Å². The highest BCUT2D eigenvalue weighted by molar-refractivity contribution is 7.89. The number of carbonyl (C=O) groups excluding carboxylic acids is 1. The Labute approximate surface area is 221 Å². The summed E-state index contributed by atoms with van der Waals surface area (Å²) in [7, 11) is -3.74. The number of hydrogen-bond acceptors (Lipinski definition) is 5. The fourth-order valence-electron chi connectivity index (χ4n) is 3.47. The average Bonchev–Trinajstić information content (AvgIpc) is 2.90. The molecule has 0 saturated heterocycles. The van der Waals surface area contributed by atoms with E-state index < -0.39 is 22.0 Å². The first kappa shape index (κ1) is 26.2. The maximum atomic E-state index is 12.7. The Morgan fingerprint density at radius 2 is 1.51 bits per heavy atom. The molecular weight excluding hydrogens is 512 g/mol. The summed E-state index contributed by atoms with van der Waals surface area (Å²) in [6.45, 7) is 1.48. The standard InChI is InChI=1S/C28H25ClN2O5S/c1-20(21-8-4-2-5-9-21)31-37(33,34)25-15-13-23(14-16-25)35-19-28(32)30-26-18-22(29)12-17-27(26)36-24-10-6-3-7-11-24/h2-18,20,31H,19H2,1H3,(H,30,32)/t20-/m0/s1. The molecule has 4 aromatic rings. The number of hydrogen-bond donors (Lipinski definition) is 2. The van der Waals surface area contributed by atoms with E-state index in [9.17, 15) is 13.2 Å². The van der Waals surface area contributed by atoms with Crippen molar-refractivity contribution in [2.24, 2.45) is 0 Å². The van der Waals surface area contributed by atoms with E-state index >= 15 is 0 Å². The predicted octanol–water partition coefficient (Wildman–Crippen LogP) is 6.19. The van der Waals surface area contributed by atoms with Crippen LogP contribution in [0.4, 0.5) is 5.69 Å². The molecule has 0 radical (unpaired) electrons. The fraction of sp³-hybridized carbons (Fsp3) is 0.107. The van der Waals surface area contributed by atoms with Gasteiger partial charge in [0.25, 0.3) is 5.91 Å². The van der Waals surface area contributed by atoms with Gasteiger partial charge in [-0.25, -0.2) is 13.1 Å². The molecule has 1 amide bonds. The molecule has 0 aliphatic carbocycles. The van der Waals surface area contributed by atoms with E-state index in [1.165, 1.54) is 24.3 Å².